The number of nitrogens with one attached hydrogen (secondary N) is 1. The van der Waals surface area contributed by atoms with E-state index in [0.717, 1.165) is 12.1 Å². The van der Waals surface area contributed by atoms with E-state index in [1.54, 1.807) is 0 Å². The summed E-state index contributed by atoms with van der Waals surface area (Å²) in [5.41, 5.74) is 0.549. The standard InChI is InChI=1S/C12H9BrF2N2O/c1-2-9-10(13)12(18)17-11(16-9)6-3-4-7(14)8(15)5-6/h3-5H,2H2,1H3,(H,16,17,18). The largest absolute Gasteiger partial charge is 0.306 e. The third-order valence-electron chi connectivity index (χ3n) is 2.46. The van der Waals surface area contributed by atoms with E-state index in [1.807, 2.05) is 6.92 Å². The molecule has 0 radical (unpaired) electrons. The van der Waals surface area contributed by atoms with Crippen LogP contribution < -0.4 is 5.56 Å². The van der Waals surface area contributed by atoms with Gasteiger partial charge in [0.25, 0.3) is 5.56 Å². The normalized spacial score (nSPS) is 10.7. The molecule has 0 bridgehead atoms. The maximum atomic E-state index is 13.1. The van der Waals surface area contributed by atoms with Crippen molar-refractivity contribution in [1.82, 2.24) is 9.97 Å². The van der Waals surface area contributed by atoms with Gasteiger partial charge >= 0.3 is 0 Å². The molecule has 0 saturated carbocycles. The van der Waals surface area contributed by atoms with Crippen LogP contribution in [0.2, 0.25) is 0 Å². The van der Waals surface area contributed by atoms with Gasteiger partial charge in [0, 0.05) is 5.56 Å². The highest BCUT2D eigenvalue weighted by molar-refractivity contribution is 9.10. The summed E-state index contributed by atoms with van der Waals surface area (Å²) in [4.78, 5) is 18.3. The maximum absolute atomic E-state index is 13.1. The minimum Gasteiger partial charge on any atom is -0.306 e. The quantitative estimate of drug-likeness (QED) is 0.926. The summed E-state index contributed by atoms with van der Waals surface area (Å²) in [5.74, 6) is -1.69. The van der Waals surface area contributed by atoms with Crippen LogP contribution >= 0.6 is 15.9 Å². The van der Waals surface area contributed by atoms with Gasteiger partial charge in [0.15, 0.2) is 11.6 Å². The zero-order chi connectivity index (χ0) is 13.3. The predicted octanol–water partition coefficient (Wildman–Crippen LogP) is 3.04. The number of hydrogen-bond donors (Lipinski definition) is 1. The number of H-pyrrole nitrogens is 1. The lowest BCUT2D eigenvalue weighted by Crippen LogP contribution is -2.13. The topological polar surface area (TPSA) is 45.8 Å². The lowest BCUT2D eigenvalue weighted by molar-refractivity contribution is 0.509. The maximum Gasteiger partial charge on any atom is 0.265 e. The van der Waals surface area contributed by atoms with Crippen molar-refractivity contribution in [1.29, 1.82) is 0 Å². The summed E-state index contributed by atoms with van der Waals surface area (Å²) in [6, 6.07) is 3.36. The number of hydrogen-bond acceptors (Lipinski definition) is 2. The fraction of sp³-hybridized carbons (Fsp3) is 0.167. The number of halogens is 3. The van der Waals surface area contributed by atoms with Crippen LogP contribution in [0.5, 0.6) is 0 Å². The molecule has 0 aliphatic heterocycles. The number of benzene rings is 1. The zero-order valence-corrected chi connectivity index (χ0v) is 11.0. The molecular formula is C12H9BrF2N2O. The van der Waals surface area contributed by atoms with Gasteiger partial charge in [0.2, 0.25) is 0 Å². The Balaban J connectivity index is 2.60. The molecule has 3 nitrogen and oxygen atoms in total. The molecule has 0 unspecified atom stereocenters. The molecule has 94 valence electrons. The number of aromatic nitrogens is 2. The van der Waals surface area contributed by atoms with Crippen molar-refractivity contribution in [3.8, 4) is 11.4 Å². The van der Waals surface area contributed by atoms with Crippen molar-refractivity contribution in [3.63, 3.8) is 0 Å². The van der Waals surface area contributed by atoms with E-state index in [-0.39, 0.29) is 11.4 Å². The monoisotopic (exact) mass is 314 g/mol. The first-order chi connectivity index (χ1) is 8.52. The van der Waals surface area contributed by atoms with Gasteiger partial charge in [-0.25, -0.2) is 13.8 Å². The Bertz CT molecular complexity index is 655. The second-order valence-electron chi connectivity index (χ2n) is 3.66. The van der Waals surface area contributed by atoms with E-state index in [0.29, 0.717) is 22.2 Å². The summed E-state index contributed by atoms with van der Waals surface area (Å²) in [7, 11) is 0. The highest BCUT2D eigenvalue weighted by atomic mass is 79.9. The van der Waals surface area contributed by atoms with Crippen LogP contribution in [0.4, 0.5) is 8.78 Å². The van der Waals surface area contributed by atoms with Crippen molar-refractivity contribution in [3.05, 3.63) is 50.4 Å². The predicted molar refractivity (Wildman–Crippen MR) is 67.3 cm³/mol. The van der Waals surface area contributed by atoms with Crippen LogP contribution in [0, 0.1) is 11.6 Å². The summed E-state index contributed by atoms with van der Waals surface area (Å²) >= 11 is 3.13. The minimum absolute atomic E-state index is 0.221. The van der Waals surface area contributed by atoms with Crippen LogP contribution in [-0.4, -0.2) is 9.97 Å². The SMILES string of the molecule is CCc1nc(-c2ccc(F)c(F)c2)[nH]c(=O)c1Br. The average molecular weight is 315 g/mol. The third kappa shape index (κ3) is 2.33. The van der Waals surface area contributed by atoms with Crippen molar-refractivity contribution >= 4 is 15.9 Å². The summed E-state index contributed by atoms with van der Waals surface area (Å²) in [5, 5.41) is 0. The molecule has 1 heterocycles. The van der Waals surface area contributed by atoms with E-state index in [9.17, 15) is 13.6 Å². The molecule has 2 aromatic rings. The lowest BCUT2D eigenvalue weighted by atomic mass is 10.2. The van der Waals surface area contributed by atoms with Crippen molar-refractivity contribution in [2.75, 3.05) is 0 Å². The molecule has 0 amide bonds. The Labute approximate surface area is 110 Å². The molecule has 0 fully saturated rings. The number of rotatable bonds is 2. The van der Waals surface area contributed by atoms with E-state index >= 15 is 0 Å². The fourth-order valence-electron chi connectivity index (χ4n) is 1.52. The average Bonchev–Trinajstić information content (AvgIpc) is 2.36. The van der Waals surface area contributed by atoms with Crippen LogP contribution in [0.3, 0.4) is 0 Å². The minimum atomic E-state index is -0.976. The van der Waals surface area contributed by atoms with Gasteiger partial charge in [-0.3, -0.25) is 4.79 Å². The molecule has 1 aromatic carbocycles. The Hall–Kier alpha value is -1.56. The van der Waals surface area contributed by atoms with Gasteiger partial charge in [-0.15, -0.1) is 0 Å². The van der Waals surface area contributed by atoms with Crippen LogP contribution in [0.15, 0.2) is 27.5 Å². The number of aromatic amines is 1. The molecule has 1 aromatic heterocycles. The van der Waals surface area contributed by atoms with E-state index in [2.05, 4.69) is 25.9 Å². The van der Waals surface area contributed by atoms with Crippen molar-refractivity contribution in [2.45, 2.75) is 13.3 Å². The highest BCUT2D eigenvalue weighted by Crippen LogP contribution is 2.19. The summed E-state index contributed by atoms with van der Waals surface area (Å²) in [6.07, 6.45) is 0.557. The second-order valence-corrected chi connectivity index (χ2v) is 4.45. The van der Waals surface area contributed by atoms with E-state index in [1.165, 1.54) is 6.07 Å². The van der Waals surface area contributed by atoms with E-state index in [4.69, 9.17) is 0 Å². The van der Waals surface area contributed by atoms with Crippen LogP contribution in [0.1, 0.15) is 12.6 Å². The molecule has 18 heavy (non-hydrogen) atoms. The Morgan fingerprint density at radius 3 is 2.67 bits per heavy atom. The molecule has 1 N–H and O–H groups in total. The smallest absolute Gasteiger partial charge is 0.265 e. The molecule has 2 rings (SSSR count). The zero-order valence-electron chi connectivity index (χ0n) is 9.43. The summed E-state index contributed by atoms with van der Waals surface area (Å²) in [6.45, 7) is 1.85. The van der Waals surface area contributed by atoms with Gasteiger partial charge in [-0.2, -0.15) is 0 Å². The molecule has 0 aliphatic carbocycles. The Kier molecular flexibility index (Phi) is 3.56. The first-order valence-corrected chi connectivity index (χ1v) is 6.06. The van der Waals surface area contributed by atoms with Crippen LogP contribution in [-0.2, 0) is 6.42 Å². The number of nitrogens with zero attached hydrogens (tertiary/aromatic N) is 1. The van der Waals surface area contributed by atoms with Crippen molar-refractivity contribution in [2.24, 2.45) is 0 Å². The first kappa shape index (κ1) is 12.9. The molecular weight excluding hydrogens is 306 g/mol. The third-order valence-corrected chi connectivity index (χ3v) is 3.28. The van der Waals surface area contributed by atoms with Crippen molar-refractivity contribution < 1.29 is 8.78 Å². The highest BCUT2D eigenvalue weighted by Gasteiger charge is 2.10. The molecule has 0 aliphatic rings. The van der Waals surface area contributed by atoms with Crippen LogP contribution in [0.25, 0.3) is 11.4 Å². The lowest BCUT2D eigenvalue weighted by Gasteiger charge is -2.05. The fourth-order valence-corrected chi connectivity index (χ4v) is 1.99. The Morgan fingerprint density at radius 1 is 1.33 bits per heavy atom. The van der Waals surface area contributed by atoms with Gasteiger partial charge in [0.05, 0.1) is 5.69 Å². The Morgan fingerprint density at radius 2 is 2.06 bits per heavy atom. The molecule has 0 spiro atoms. The first-order valence-electron chi connectivity index (χ1n) is 5.27. The van der Waals surface area contributed by atoms with Gasteiger partial charge in [-0.05, 0) is 40.5 Å². The van der Waals surface area contributed by atoms with Gasteiger partial charge in [-0.1, -0.05) is 6.92 Å². The van der Waals surface area contributed by atoms with E-state index < -0.39 is 11.6 Å². The number of aryl methyl sites for hydroxylation is 1. The van der Waals surface area contributed by atoms with Gasteiger partial charge in [0.1, 0.15) is 10.3 Å². The second kappa shape index (κ2) is 4.97. The molecule has 6 heteroatoms. The molecule has 0 atom stereocenters. The summed E-state index contributed by atoms with van der Waals surface area (Å²) < 4.78 is 26.3. The van der Waals surface area contributed by atoms with Gasteiger partial charge < -0.3 is 4.98 Å². The molecule has 0 saturated heterocycles.